The molecular weight excluding hydrogens is 224 g/mol. The highest BCUT2D eigenvalue weighted by Gasteiger charge is 2.38. The summed E-state index contributed by atoms with van der Waals surface area (Å²) in [6, 6.07) is 4.06. The van der Waals surface area contributed by atoms with Crippen LogP contribution < -0.4 is 0 Å². The van der Waals surface area contributed by atoms with Crippen LogP contribution in [-0.2, 0) is 15.3 Å². The zero-order valence-corrected chi connectivity index (χ0v) is 10.7. The van der Waals surface area contributed by atoms with Crippen molar-refractivity contribution in [3.63, 3.8) is 0 Å². The van der Waals surface area contributed by atoms with Crippen LogP contribution in [0.2, 0.25) is 5.02 Å². The van der Waals surface area contributed by atoms with Gasteiger partial charge in [-0.2, -0.15) is 0 Å². The van der Waals surface area contributed by atoms with E-state index in [1.165, 1.54) is 11.1 Å². The standard InChI is InChI=1S/C13H17ClO2/c1-4-13(15-5-6-16-13)11-7-9(2)10(3)8-12(11)14/h7-8H,4-6H2,1-3H3. The van der Waals surface area contributed by atoms with Crippen molar-refractivity contribution in [2.75, 3.05) is 13.2 Å². The van der Waals surface area contributed by atoms with Crippen molar-refractivity contribution in [2.45, 2.75) is 33.0 Å². The molecular formula is C13H17ClO2. The Morgan fingerprint density at radius 2 is 1.75 bits per heavy atom. The molecule has 0 unspecified atom stereocenters. The fourth-order valence-corrected chi connectivity index (χ4v) is 2.44. The van der Waals surface area contributed by atoms with Crippen molar-refractivity contribution in [2.24, 2.45) is 0 Å². The van der Waals surface area contributed by atoms with Crippen LogP contribution in [0, 0.1) is 13.8 Å². The van der Waals surface area contributed by atoms with Gasteiger partial charge in [0.2, 0.25) is 0 Å². The largest absolute Gasteiger partial charge is 0.343 e. The molecule has 0 radical (unpaired) electrons. The number of aryl methyl sites for hydroxylation is 2. The lowest BCUT2D eigenvalue weighted by molar-refractivity contribution is -0.167. The van der Waals surface area contributed by atoms with Crippen LogP contribution in [0.1, 0.15) is 30.0 Å². The number of hydrogen-bond donors (Lipinski definition) is 0. The maximum atomic E-state index is 6.29. The van der Waals surface area contributed by atoms with Gasteiger partial charge in [0, 0.05) is 17.0 Å². The van der Waals surface area contributed by atoms with Crippen molar-refractivity contribution in [1.29, 1.82) is 0 Å². The predicted octanol–water partition coefficient (Wildman–Crippen LogP) is 3.57. The Hall–Kier alpha value is -0.570. The van der Waals surface area contributed by atoms with E-state index in [-0.39, 0.29) is 0 Å². The summed E-state index contributed by atoms with van der Waals surface area (Å²) in [4.78, 5) is 0. The van der Waals surface area contributed by atoms with Gasteiger partial charge in [0.1, 0.15) is 0 Å². The van der Waals surface area contributed by atoms with Crippen LogP contribution >= 0.6 is 11.6 Å². The molecule has 1 aliphatic heterocycles. The Morgan fingerprint density at radius 1 is 1.19 bits per heavy atom. The second kappa shape index (κ2) is 4.36. The Bertz CT molecular complexity index is 395. The van der Waals surface area contributed by atoms with Crippen LogP contribution in [0.4, 0.5) is 0 Å². The summed E-state index contributed by atoms with van der Waals surface area (Å²) in [6.07, 6.45) is 0.773. The summed E-state index contributed by atoms with van der Waals surface area (Å²) < 4.78 is 11.5. The first-order chi connectivity index (χ1) is 7.59. The second-order valence-corrected chi connectivity index (χ2v) is 4.63. The summed E-state index contributed by atoms with van der Waals surface area (Å²) in [7, 11) is 0. The third-order valence-corrected chi connectivity index (χ3v) is 3.53. The molecule has 0 N–H and O–H groups in total. The molecule has 1 fully saturated rings. The van der Waals surface area contributed by atoms with E-state index >= 15 is 0 Å². The number of ether oxygens (including phenoxy) is 2. The first kappa shape index (κ1) is 11.9. The summed E-state index contributed by atoms with van der Waals surface area (Å²) in [6.45, 7) is 7.46. The summed E-state index contributed by atoms with van der Waals surface area (Å²) in [5.74, 6) is -0.629. The van der Waals surface area contributed by atoms with E-state index in [2.05, 4.69) is 26.8 Å². The number of benzene rings is 1. The molecule has 88 valence electrons. The fourth-order valence-electron chi connectivity index (χ4n) is 2.08. The highest BCUT2D eigenvalue weighted by Crippen LogP contribution is 2.39. The van der Waals surface area contributed by atoms with Crippen molar-refractivity contribution >= 4 is 11.6 Å². The minimum Gasteiger partial charge on any atom is -0.343 e. The molecule has 2 nitrogen and oxygen atoms in total. The molecule has 1 aliphatic rings. The van der Waals surface area contributed by atoms with Gasteiger partial charge >= 0.3 is 0 Å². The molecule has 1 saturated heterocycles. The number of halogens is 1. The second-order valence-electron chi connectivity index (χ2n) is 4.22. The first-order valence-electron chi connectivity index (χ1n) is 5.64. The van der Waals surface area contributed by atoms with Crippen LogP contribution in [0.5, 0.6) is 0 Å². The maximum absolute atomic E-state index is 6.29. The topological polar surface area (TPSA) is 18.5 Å². The molecule has 1 aromatic rings. The third kappa shape index (κ3) is 1.86. The van der Waals surface area contributed by atoms with E-state index in [1.54, 1.807) is 0 Å². The zero-order valence-electron chi connectivity index (χ0n) is 9.97. The average molecular weight is 241 g/mol. The molecule has 1 heterocycles. The summed E-state index contributed by atoms with van der Waals surface area (Å²) in [5, 5.41) is 0.729. The van der Waals surface area contributed by atoms with Gasteiger partial charge in [-0.25, -0.2) is 0 Å². The minimum atomic E-state index is -0.629. The van der Waals surface area contributed by atoms with Gasteiger partial charge in [0.25, 0.3) is 0 Å². The minimum absolute atomic E-state index is 0.629. The zero-order chi connectivity index (χ0) is 11.8. The monoisotopic (exact) mass is 240 g/mol. The van der Waals surface area contributed by atoms with Gasteiger partial charge in [-0.05, 0) is 37.1 Å². The Kier molecular flexibility index (Phi) is 3.24. The Morgan fingerprint density at radius 3 is 2.31 bits per heavy atom. The van der Waals surface area contributed by atoms with E-state index in [4.69, 9.17) is 21.1 Å². The molecule has 16 heavy (non-hydrogen) atoms. The van der Waals surface area contributed by atoms with Gasteiger partial charge in [0.15, 0.2) is 5.79 Å². The molecule has 2 rings (SSSR count). The van der Waals surface area contributed by atoms with Crippen LogP contribution in [0.3, 0.4) is 0 Å². The molecule has 0 atom stereocenters. The molecule has 0 aromatic heterocycles. The van der Waals surface area contributed by atoms with Crippen LogP contribution in [-0.4, -0.2) is 13.2 Å². The maximum Gasteiger partial charge on any atom is 0.196 e. The van der Waals surface area contributed by atoms with Gasteiger partial charge in [0.05, 0.1) is 13.2 Å². The van der Waals surface area contributed by atoms with Crippen molar-refractivity contribution in [3.05, 3.63) is 33.8 Å². The fraction of sp³-hybridized carbons (Fsp3) is 0.538. The van der Waals surface area contributed by atoms with E-state index < -0.39 is 5.79 Å². The lowest BCUT2D eigenvalue weighted by Gasteiger charge is -2.28. The van der Waals surface area contributed by atoms with Gasteiger partial charge in [-0.3, -0.25) is 0 Å². The highest BCUT2D eigenvalue weighted by atomic mass is 35.5. The molecule has 3 heteroatoms. The number of rotatable bonds is 2. The van der Waals surface area contributed by atoms with Crippen molar-refractivity contribution < 1.29 is 9.47 Å². The lowest BCUT2D eigenvalue weighted by Crippen LogP contribution is -2.26. The normalized spacial score (nSPS) is 19.0. The lowest BCUT2D eigenvalue weighted by atomic mass is 9.98. The smallest absolute Gasteiger partial charge is 0.196 e. The average Bonchev–Trinajstić information content (AvgIpc) is 2.73. The van der Waals surface area contributed by atoms with Crippen molar-refractivity contribution in [3.8, 4) is 0 Å². The quantitative estimate of drug-likeness (QED) is 0.787. The molecule has 1 aromatic carbocycles. The van der Waals surface area contributed by atoms with Crippen molar-refractivity contribution in [1.82, 2.24) is 0 Å². The SMILES string of the molecule is CCC1(c2cc(C)c(C)cc2Cl)OCCO1. The van der Waals surface area contributed by atoms with Gasteiger partial charge in [-0.1, -0.05) is 18.5 Å². The predicted molar refractivity (Wildman–Crippen MR) is 64.8 cm³/mol. The van der Waals surface area contributed by atoms with Crippen LogP contribution in [0.25, 0.3) is 0 Å². The summed E-state index contributed by atoms with van der Waals surface area (Å²) in [5.41, 5.74) is 3.36. The molecule has 0 amide bonds. The summed E-state index contributed by atoms with van der Waals surface area (Å²) >= 11 is 6.29. The first-order valence-corrected chi connectivity index (χ1v) is 6.02. The molecule has 0 spiro atoms. The Balaban J connectivity index is 2.50. The molecule has 0 aliphatic carbocycles. The number of hydrogen-bond acceptors (Lipinski definition) is 2. The van der Waals surface area contributed by atoms with E-state index in [0.29, 0.717) is 13.2 Å². The van der Waals surface area contributed by atoms with Crippen LogP contribution in [0.15, 0.2) is 12.1 Å². The Labute approximate surface area is 102 Å². The van der Waals surface area contributed by atoms with E-state index in [1.807, 2.05) is 6.07 Å². The van der Waals surface area contributed by atoms with E-state index in [0.717, 1.165) is 17.0 Å². The van der Waals surface area contributed by atoms with E-state index in [9.17, 15) is 0 Å². The highest BCUT2D eigenvalue weighted by molar-refractivity contribution is 6.31. The molecule has 0 saturated carbocycles. The third-order valence-electron chi connectivity index (χ3n) is 3.21. The van der Waals surface area contributed by atoms with Gasteiger partial charge < -0.3 is 9.47 Å². The molecule has 0 bridgehead atoms. The van der Waals surface area contributed by atoms with Gasteiger partial charge in [-0.15, -0.1) is 0 Å².